The van der Waals surface area contributed by atoms with Crippen molar-refractivity contribution in [1.82, 2.24) is 0 Å². The summed E-state index contributed by atoms with van der Waals surface area (Å²) < 4.78 is 10.7. The number of methoxy groups -OCH3 is 1. The first-order valence-corrected chi connectivity index (χ1v) is 9.07. The molecule has 1 heterocycles. The Labute approximate surface area is 144 Å². The summed E-state index contributed by atoms with van der Waals surface area (Å²) in [5, 5.41) is 1.06. The molecule has 0 atom stereocenters. The lowest BCUT2D eigenvalue weighted by atomic mass is 10.0. The first kappa shape index (κ1) is 15.3. The molecule has 0 spiro atoms. The summed E-state index contributed by atoms with van der Waals surface area (Å²) in [6, 6.07) is 13.9. The van der Waals surface area contributed by atoms with Gasteiger partial charge in [0.05, 0.1) is 7.11 Å². The average molecular weight is 338 g/mol. The standard InChI is InChI=1S/C20H18O3S/c1-22-16-6-3-7-17(11-16)24-12-15-10-20(21)23-19-9-14-5-2-4-13(14)8-18(15)19/h3,6-11H,2,4-5,12H2,1H3. The Morgan fingerprint density at radius 2 is 1.96 bits per heavy atom. The Hall–Kier alpha value is -2.20. The Morgan fingerprint density at radius 1 is 1.12 bits per heavy atom. The van der Waals surface area contributed by atoms with Crippen molar-refractivity contribution in [2.75, 3.05) is 7.11 Å². The number of benzene rings is 2. The first-order valence-electron chi connectivity index (χ1n) is 8.08. The predicted octanol–water partition coefficient (Wildman–Crippen LogP) is 4.58. The van der Waals surface area contributed by atoms with E-state index in [1.54, 1.807) is 24.9 Å². The maximum absolute atomic E-state index is 11.9. The lowest BCUT2D eigenvalue weighted by Crippen LogP contribution is -2.01. The highest BCUT2D eigenvalue weighted by atomic mass is 32.2. The van der Waals surface area contributed by atoms with E-state index in [0.29, 0.717) is 5.58 Å². The van der Waals surface area contributed by atoms with Crippen molar-refractivity contribution in [3.05, 3.63) is 69.6 Å². The van der Waals surface area contributed by atoms with Crippen molar-refractivity contribution in [2.45, 2.75) is 29.9 Å². The summed E-state index contributed by atoms with van der Waals surface area (Å²) in [5.41, 5.74) is 4.18. The number of fused-ring (bicyclic) bond motifs is 2. The molecule has 4 rings (SSSR count). The smallest absolute Gasteiger partial charge is 0.336 e. The summed E-state index contributed by atoms with van der Waals surface area (Å²) >= 11 is 1.70. The normalized spacial score (nSPS) is 13.2. The van der Waals surface area contributed by atoms with E-state index >= 15 is 0 Å². The molecule has 0 N–H and O–H groups in total. The van der Waals surface area contributed by atoms with Gasteiger partial charge in [-0.25, -0.2) is 4.79 Å². The molecule has 4 heteroatoms. The molecule has 0 radical (unpaired) electrons. The number of hydrogen-bond donors (Lipinski definition) is 0. The Kier molecular flexibility index (Phi) is 4.07. The van der Waals surface area contributed by atoms with Crippen LogP contribution >= 0.6 is 11.8 Å². The van der Waals surface area contributed by atoms with Crippen molar-refractivity contribution in [3.8, 4) is 5.75 Å². The first-order chi connectivity index (χ1) is 11.7. The molecule has 1 aromatic heterocycles. The maximum Gasteiger partial charge on any atom is 0.336 e. The topological polar surface area (TPSA) is 39.4 Å². The second-order valence-electron chi connectivity index (χ2n) is 6.03. The second-order valence-corrected chi connectivity index (χ2v) is 7.08. The lowest BCUT2D eigenvalue weighted by molar-refractivity contribution is 0.413. The van der Waals surface area contributed by atoms with E-state index in [-0.39, 0.29) is 5.63 Å². The minimum atomic E-state index is -0.276. The molecule has 24 heavy (non-hydrogen) atoms. The fourth-order valence-electron chi connectivity index (χ4n) is 3.27. The molecular weight excluding hydrogens is 320 g/mol. The van der Waals surface area contributed by atoms with Crippen molar-refractivity contribution < 1.29 is 9.15 Å². The predicted molar refractivity (Wildman–Crippen MR) is 97.1 cm³/mol. The number of ether oxygens (including phenoxy) is 1. The van der Waals surface area contributed by atoms with E-state index in [2.05, 4.69) is 18.2 Å². The fraction of sp³-hybridized carbons (Fsp3) is 0.250. The summed E-state index contributed by atoms with van der Waals surface area (Å²) in [4.78, 5) is 13.0. The zero-order valence-corrected chi connectivity index (χ0v) is 14.3. The Morgan fingerprint density at radius 3 is 2.79 bits per heavy atom. The van der Waals surface area contributed by atoms with Gasteiger partial charge in [0.2, 0.25) is 0 Å². The van der Waals surface area contributed by atoms with Gasteiger partial charge in [-0.3, -0.25) is 0 Å². The summed E-state index contributed by atoms with van der Waals surface area (Å²) in [5.74, 6) is 1.57. The van der Waals surface area contributed by atoms with Crippen LogP contribution in [0.4, 0.5) is 0 Å². The largest absolute Gasteiger partial charge is 0.497 e. The molecule has 0 amide bonds. The Bertz CT molecular complexity index is 959. The highest BCUT2D eigenvalue weighted by molar-refractivity contribution is 7.98. The quantitative estimate of drug-likeness (QED) is 0.515. The van der Waals surface area contributed by atoms with Crippen molar-refractivity contribution in [1.29, 1.82) is 0 Å². The van der Waals surface area contributed by atoms with Gasteiger partial charge in [-0.05, 0) is 66.3 Å². The van der Waals surface area contributed by atoms with Gasteiger partial charge in [0.25, 0.3) is 0 Å². The van der Waals surface area contributed by atoms with Crippen LogP contribution in [0.5, 0.6) is 5.75 Å². The number of thioether (sulfide) groups is 1. The van der Waals surface area contributed by atoms with Crippen molar-refractivity contribution >= 4 is 22.7 Å². The van der Waals surface area contributed by atoms with Crippen LogP contribution in [-0.4, -0.2) is 7.11 Å². The third kappa shape index (κ3) is 2.94. The van der Waals surface area contributed by atoms with Gasteiger partial charge in [0, 0.05) is 22.1 Å². The molecule has 0 unspecified atom stereocenters. The zero-order valence-electron chi connectivity index (χ0n) is 13.5. The summed E-state index contributed by atoms with van der Waals surface area (Å²) in [6.45, 7) is 0. The van der Waals surface area contributed by atoms with Gasteiger partial charge < -0.3 is 9.15 Å². The van der Waals surface area contributed by atoms with Gasteiger partial charge in [-0.1, -0.05) is 6.07 Å². The van der Waals surface area contributed by atoms with E-state index in [1.165, 1.54) is 17.5 Å². The molecule has 122 valence electrons. The van der Waals surface area contributed by atoms with Crippen LogP contribution in [0.3, 0.4) is 0 Å². The molecule has 1 aliphatic rings. The molecule has 0 aliphatic heterocycles. The number of aryl methyl sites for hydroxylation is 2. The fourth-order valence-corrected chi connectivity index (χ4v) is 4.20. The van der Waals surface area contributed by atoms with Crippen LogP contribution in [-0.2, 0) is 18.6 Å². The van der Waals surface area contributed by atoms with Crippen LogP contribution in [0, 0.1) is 0 Å². The van der Waals surface area contributed by atoms with E-state index in [0.717, 1.165) is 40.2 Å². The minimum absolute atomic E-state index is 0.276. The summed E-state index contributed by atoms with van der Waals surface area (Å²) in [6.07, 6.45) is 3.38. The number of rotatable bonds is 4. The lowest BCUT2D eigenvalue weighted by Gasteiger charge is -2.08. The van der Waals surface area contributed by atoms with Crippen LogP contribution < -0.4 is 10.4 Å². The Balaban J connectivity index is 1.69. The van der Waals surface area contributed by atoms with E-state index in [1.807, 2.05) is 18.2 Å². The van der Waals surface area contributed by atoms with E-state index in [9.17, 15) is 4.79 Å². The van der Waals surface area contributed by atoms with Gasteiger partial charge in [0.15, 0.2) is 0 Å². The highest BCUT2D eigenvalue weighted by Crippen LogP contribution is 2.32. The van der Waals surface area contributed by atoms with Gasteiger partial charge in [0.1, 0.15) is 11.3 Å². The third-order valence-corrected chi connectivity index (χ3v) is 5.52. The third-order valence-electron chi connectivity index (χ3n) is 4.48. The summed E-state index contributed by atoms with van der Waals surface area (Å²) in [7, 11) is 1.67. The van der Waals surface area contributed by atoms with Gasteiger partial charge in [-0.2, -0.15) is 0 Å². The molecule has 0 bridgehead atoms. The molecule has 3 nitrogen and oxygen atoms in total. The molecule has 3 aromatic rings. The SMILES string of the molecule is COc1cccc(SCc2cc(=O)oc3cc4c(cc23)CCC4)c1. The average Bonchev–Trinajstić information content (AvgIpc) is 3.05. The molecule has 0 fully saturated rings. The van der Waals surface area contributed by atoms with E-state index < -0.39 is 0 Å². The molecule has 0 saturated heterocycles. The zero-order chi connectivity index (χ0) is 16.5. The monoisotopic (exact) mass is 338 g/mol. The van der Waals surface area contributed by atoms with Crippen LogP contribution in [0.1, 0.15) is 23.1 Å². The van der Waals surface area contributed by atoms with Crippen LogP contribution in [0.2, 0.25) is 0 Å². The van der Waals surface area contributed by atoms with Crippen LogP contribution in [0.15, 0.2) is 56.6 Å². The number of hydrogen-bond acceptors (Lipinski definition) is 4. The van der Waals surface area contributed by atoms with Crippen LogP contribution in [0.25, 0.3) is 11.0 Å². The van der Waals surface area contributed by atoms with Crippen molar-refractivity contribution in [2.24, 2.45) is 0 Å². The molecule has 2 aromatic carbocycles. The molecule has 0 saturated carbocycles. The minimum Gasteiger partial charge on any atom is -0.497 e. The molecular formula is C20H18O3S. The maximum atomic E-state index is 11.9. The van der Waals surface area contributed by atoms with Gasteiger partial charge >= 0.3 is 5.63 Å². The van der Waals surface area contributed by atoms with E-state index in [4.69, 9.17) is 9.15 Å². The van der Waals surface area contributed by atoms with Crippen molar-refractivity contribution in [3.63, 3.8) is 0 Å². The highest BCUT2D eigenvalue weighted by Gasteiger charge is 2.15. The molecule has 1 aliphatic carbocycles. The van der Waals surface area contributed by atoms with Gasteiger partial charge in [-0.15, -0.1) is 11.8 Å². The second kappa shape index (κ2) is 6.36.